The van der Waals surface area contributed by atoms with Gasteiger partial charge < -0.3 is 64.6 Å². The number of amides is 3. The van der Waals surface area contributed by atoms with Crippen molar-refractivity contribution in [2.75, 3.05) is 45.9 Å². The molecule has 24 nitrogen and oxygen atoms in total. The summed E-state index contributed by atoms with van der Waals surface area (Å²) in [6, 6.07) is 46.4. The average molecular weight is 1580 g/mol. The van der Waals surface area contributed by atoms with Gasteiger partial charge in [0.15, 0.2) is 24.1 Å². The molecular formula is C90H130N6O18. The molecule has 5 aromatic carbocycles. The van der Waals surface area contributed by atoms with E-state index in [9.17, 15) is 48.4 Å². The van der Waals surface area contributed by atoms with E-state index in [2.05, 4.69) is 92.8 Å². The fraction of sp³-hybridized carbons (Fsp3) is 0.544. The minimum atomic E-state index is -0.902. The van der Waals surface area contributed by atoms with Gasteiger partial charge >= 0.3 is 36.2 Å². The number of aliphatic hydroxyl groups is 2. The number of hydrogen-bond acceptors (Lipinski definition) is 20. The van der Waals surface area contributed by atoms with Crippen LogP contribution in [0, 0.1) is 58.7 Å². The monoisotopic (exact) mass is 1580 g/mol. The van der Waals surface area contributed by atoms with Crippen LogP contribution in [0.2, 0.25) is 0 Å². The number of nitrogens with one attached hydrogen (secondary N) is 1. The number of hydrogen-bond donors (Lipinski definition) is 5. The van der Waals surface area contributed by atoms with E-state index in [4.69, 9.17) is 49.5 Å². The van der Waals surface area contributed by atoms with Crippen molar-refractivity contribution >= 4 is 66.0 Å². The van der Waals surface area contributed by atoms with E-state index in [1.54, 1.807) is 14.1 Å². The van der Waals surface area contributed by atoms with Crippen molar-refractivity contribution in [3.05, 3.63) is 173 Å². The summed E-state index contributed by atoms with van der Waals surface area (Å²) < 4.78 is 26.3. The maximum absolute atomic E-state index is 14.0. The van der Waals surface area contributed by atoms with Crippen molar-refractivity contribution in [3.8, 4) is 6.07 Å². The molecule has 24 heteroatoms. The van der Waals surface area contributed by atoms with Crippen molar-refractivity contribution in [1.82, 2.24) is 14.7 Å². The number of aliphatic hydroxyl groups excluding tert-OH is 2. The zero-order chi connectivity index (χ0) is 84.0. The first kappa shape index (κ1) is 100. The van der Waals surface area contributed by atoms with Crippen molar-refractivity contribution in [3.63, 3.8) is 0 Å². The van der Waals surface area contributed by atoms with Crippen LogP contribution in [-0.2, 0) is 89.1 Å². The highest BCUT2D eigenvalue weighted by Gasteiger charge is 2.53. The lowest BCUT2D eigenvalue weighted by Crippen LogP contribution is -2.46. The number of carbonyl (C=O) groups is 10. The highest BCUT2D eigenvalue weighted by molar-refractivity contribution is 5.90. The molecule has 1 aliphatic carbocycles. The van der Waals surface area contributed by atoms with Crippen LogP contribution in [0.25, 0.3) is 0 Å². The molecule has 3 amide bonds. The lowest BCUT2D eigenvalue weighted by atomic mass is 9.79. The second-order valence-electron chi connectivity index (χ2n) is 31.1. The van der Waals surface area contributed by atoms with Crippen molar-refractivity contribution in [1.29, 1.82) is 5.26 Å². The smallest absolute Gasteiger partial charge is 0.413 e. The molecule has 0 aromatic heterocycles. The van der Waals surface area contributed by atoms with E-state index in [1.165, 1.54) is 20.3 Å². The lowest BCUT2D eigenvalue weighted by Gasteiger charge is -2.30. The van der Waals surface area contributed by atoms with E-state index in [-0.39, 0.29) is 100 Å². The predicted octanol–water partition coefficient (Wildman–Crippen LogP) is 15.9. The number of carbonyl (C=O) groups excluding carboxylic acids is 9. The Hall–Kier alpha value is -9.83. The first-order valence-corrected chi connectivity index (χ1v) is 39.4. The minimum Gasteiger partial charge on any atom is -0.480 e. The summed E-state index contributed by atoms with van der Waals surface area (Å²) in [4.78, 5) is 121. The molecule has 1 saturated heterocycles. The number of ether oxygens (including phenoxy) is 5. The number of likely N-dealkylation sites (N-methyl/N-ethyl adjacent to an activating group) is 1. The SMILES string of the molecule is C.C=O.CC(C)CCC[C@H](CC(=O)OCc1ccccc1)C(=O)CO.CC(C)CC[C@@H](C(=O)C1C[C@@]2(CNc3ccccc32)C[C@H]1C#N)N(C)C(=O)OCc1ccccc1.CC(C)CC[C@@H](CC(=O)CO)N(C)C(=O)OCc1ccccc1.CC(C)CC[C@H](N)C(=O)O.CC(C)CC[C@H]1C(=O)OCN1C(=O)OCc1ccccc1. The molecule has 1 spiro atoms. The number of rotatable bonds is 36. The molecule has 2 aliphatic heterocycles. The maximum atomic E-state index is 14.0. The number of carboxylic acid groups (broad SMARTS) is 1. The number of nitrogens with two attached hydrogens (primary N) is 1. The van der Waals surface area contributed by atoms with Crippen LogP contribution in [0.15, 0.2) is 146 Å². The van der Waals surface area contributed by atoms with E-state index >= 15 is 0 Å². The van der Waals surface area contributed by atoms with Gasteiger partial charge in [-0.1, -0.05) is 229 Å². The first-order valence-electron chi connectivity index (χ1n) is 39.4. The number of fused-ring (bicyclic) bond motifs is 2. The number of ketones is 3. The van der Waals surface area contributed by atoms with Crippen molar-refractivity contribution in [2.45, 2.75) is 229 Å². The third-order valence-electron chi connectivity index (χ3n) is 19.8. The number of cyclic esters (lactones) is 1. The van der Waals surface area contributed by atoms with Gasteiger partial charge in [0.25, 0.3) is 0 Å². The quantitative estimate of drug-likeness (QED) is 0.0184. The van der Waals surface area contributed by atoms with Gasteiger partial charge in [0.05, 0.1) is 24.4 Å². The summed E-state index contributed by atoms with van der Waals surface area (Å²) in [6.45, 7) is 23.4. The Labute approximate surface area is 677 Å². The van der Waals surface area contributed by atoms with Gasteiger partial charge in [-0.25, -0.2) is 19.2 Å². The van der Waals surface area contributed by atoms with Crippen LogP contribution < -0.4 is 11.1 Å². The number of Topliss-reactive ketones (excluding diaryl/α,β-unsaturated/α-hetero) is 3. The number of anilines is 1. The molecule has 8 atom stereocenters. The van der Waals surface area contributed by atoms with Crippen LogP contribution >= 0.6 is 0 Å². The third kappa shape index (κ3) is 37.0. The number of benzene rings is 5. The van der Waals surface area contributed by atoms with Gasteiger partial charge in [0, 0.05) is 56.0 Å². The minimum absolute atomic E-state index is 0. The Balaban J connectivity index is 0.000000500. The summed E-state index contributed by atoms with van der Waals surface area (Å²) in [6.07, 6.45) is 8.44. The molecule has 628 valence electrons. The second-order valence-corrected chi connectivity index (χ2v) is 31.1. The van der Waals surface area contributed by atoms with Crippen LogP contribution in [0.3, 0.4) is 0 Å². The Kier molecular flexibility index (Phi) is 48.2. The Morgan fingerprint density at radius 2 is 1.04 bits per heavy atom. The fourth-order valence-corrected chi connectivity index (χ4v) is 13.0. The summed E-state index contributed by atoms with van der Waals surface area (Å²) in [5, 5.41) is 39.8. The van der Waals surface area contributed by atoms with E-state index in [0.29, 0.717) is 74.5 Å². The molecule has 2 fully saturated rings. The number of para-hydroxylation sites is 1. The standard InChI is InChI=1S/C29H35N3O3.C18H27NO4.C18H26O4.C16H21NO4.C7H15NO2.CH2O.CH4/c1-20(2)13-14-26(32(3)28(34)35-18-21-9-5-4-6-10-21)27(33)23-16-29(15-22(23)17-30)19-31-25-12-8-7-11-24(25)29;1-14(2)9-10-16(11-17(21)12-20)19(3)18(22)23-13-15-7-5-4-6-8-15;1-14(2)7-6-10-16(17(20)12-19)11-18(21)22-13-15-8-4-3-5-9-15;1-12(2)8-9-14-15(18)21-11-17(14)16(19)20-10-13-6-4-3-5-7-13;1-5(2)3-4-6(8)7(9)10;1-2;/h4-12,20,22-23,26,31H,13-16,18-19H2,1-3H3;4-8,14,16,20H,9-13H2,1-3H3;3-5,8-9,14,16,19H,6-7,10-13H2,1-2H3;3-7,12,14H,8-11H2,1-2H3;5-6H,3-4,8H2,1-2H3,(H,9,10);1H2;1H4/t22-,23?,26-,29+;2*16-;14-;6-;;/m00100../s1. The molecule has 0 bridgehead atoms. The number of nitriles is 1. The first-order chi connectivity index (χ1) is 53.9. The molecule has 3 aliphatic rings. The van der Waals surface area contributed by atoms with E-state index < -0.39 is 67.4 Å². The van der Waals surface area contributed by atoms with Crippen molar-refractivity contribution in [2.24, 2.45) is 53.1 Å². The Bertz CT molecular complexity index is 3670. The van der Waals surface area contributed by atoms with Gasteiger partial charge in [-0.05, 0) is 134 Å². The lowest BCUT2D eigenvalue weighted by molar-refractivity contribution is -0.148. The van der Waals surface area contributed by atoms with Gasteiger partial charge in [-0.15, -0.1) is 0 Å². The molecule has 6 N–H and O–H groups in total. The van der Waals surface area contributed by atoms with Gasteiger partial charge in [0.1, 0.15) is 58.5 Å². The Morgan fingerprint density at radius 1 is 0.588 bits per heavy atom. The average Bonchev–Trinajstić information content (AvgIpc) is 1.59. The number of esters is 2. The Morgan fingerprint density at radius 3 is 1.52 bits per heavy atom. The van der Waals surface area contributed by atoms with E-state index in [1.807, 2.05) is 140 Å². The van der Waals surface area contributed by atoms with Gasteiger partial charge in [-0.2, -0.15) is 5.26 Å². The predicted molar refractivity (Wildman–Crippen MR) is 441 cm³/mol. The van der Waals surface area contributed by atoms with Gasteiger partial charge in [0.2, 0.25) is 0 Å². The molecule has 5 aromatic rings. The summed E-state index contributed by atoms with van der Waals surface area (Å²) in [7, 11) is 3.29. The number of nitrogens with zero attached hydrogens (tertiary/aromatic N) is 4. The largest absolute Gasteiger partial charge is 0.480 e. The fourth-order valence-electron chi connectivity index (χ4n) is 13.0. The molecule has 114 heavy (non-hydrogen) atoms. The summed E-state index contributed by atoms with van der Waals surface area (Å²) in [5.74, 6) is -0.956. The summed E-state index contributed by atoms with van der Waals surface area (Å²) >= 11 is 0. The topological polar surface area (TPSA) is 349 Å². The molecule has 2 heterocycles. The van der Waals surface area contributed by atoms with Crippen LogP contribution in [-0.4, -0.2) is 155 Å². The van der Waals surface area contributed by atoms with E-state index in [0.717, 1.165) is 73.0 Å². The van der Waals surface area contributed by atoms with Crippen LogP contribution in [0.1, 0.15) is 201 Å². The molecule has 0 radical (unpaired) electrons. The molecule has 1 unspecified atom stereocenters. The second kappa shape index (κ2) is 54.8. The summed E-state index contributed by atoms with van der Waals surface area (Å²) in [5.41, 5.74) is 11.0. The number of aliphatic carboxylic acids is 1. The van der Waals surface area contributed by atoms with Crippen LogP contribution in [0.4, 0.5) is 20.1 Å². The zero-order valence-electron chi connectivity index (χ0n) is 68.6. The molecule has 1 saturated carbocycles. The number of carboxylic acids is 1. The van der Waals surface area contributed by atoms with Crippen molar-refractivity contribution < 1.29 is 86.9 Å². The molecule has 8 rings (SSSR count). The maximum Gasteiger partial charge on any atom is 0.413 e. The van der Waals surface area contributed by atoms with Gasteiger partial charge in [-0.3, -0.25) is 28.9 Å². The molecular weight excluding hydrogens is 1450 g/mol. The zero-order valence-corrected chi connectivity index (χ0v) is 68.6. The van der Waals surface area contributed by atoms with Crippen LogP contribution in [0.5, 0.6) is 0 Å². The normalized spacial score (nSPS) is 16.5. The highest BCUT2D eigenvalue weighted by atomic mass is 16.6. The highest BCUT2D eigenvalue weighted by Crippen LogP contribution is 2.53. The third-order valence-corrected chi connectivity index (χ3v) is 19.8.